The molecule has 1 saturated heterocycles. The maximum absolute atomic E-state index is 13.3. The zero-order valence-corrected chi connectivity index (χ0v) is 18.9. The summed E-state index contributed by atoms with van der Waals surface area (Å²) in [7, 11) is 1.78. The average Bonchev–Trinajstić information content (AvgIpc) is 3.32. The molecule has 1 aromatic heterocycles. The third-order valence-corrected chi connectivity index (χ3v) is 6.51. The van der Waals surface area contributed by atoms with Gasteiger partial charge in [0.2, 0.25) is 11.8 Å². The molecule has 1 aliphatic rings. The van der Waals surface area contributed by atoms with Gasteiger partial charge in [-0.3, -0.25) is 14.4 Å². The Bertz CT molecular complexity index is 1130. The van der Waals surface area contributed by atoms with Crippen LogP contribution in [0.25, 0.3) is 10.4 Å². The summed E-state index contributed by atoms with van der Waals surface area (Å²) in [6.07, 6.45) is 0.456. The molecule has 7 heteroatoms. The summed E-state index contributed by atoms with van der Waals surface area (Å²) in [5.74, 6) is -0.403. The lowest BCUT2D eigenvalue weighted by Gasteiger charge is -2.39. The number of piperazine rings is 1. The van der Waals surface area contributed by atoms with E-state index in [0.29, 0.717) is 30.8 Å². The Hall–Kier alpha value is -3.45. The van der Waals surface area contributed by atoms with Gasteiger partial charge in [-0.15, -0.1) is 11.3 Å². The quantitative estimate of drug-likeness (QED) is 0.645. The highest BCUT2D eigenvalue weighted by Crippen LogP contribution is 2.27. The largest absolute Gasteiger partial charge is 0.342 e. The second-order valence-corrected chi connectivity index (χ2v) is 8.86. The van der Waals surface area contributed by atoms with Gasteiger partial charge in [-0.1, -0.05) is 30.3 Å². The van der Waals surface area contributed by atoms with Crippen molar-refractivity contribution < 1.29 is 14.4 Å². The Balaban J connectivity index is 1.57. The van der Waals surface area contributed by atoms with Gasteiger partial charge in [0.05, 0.1) is 0 Å². The van der Waals surface area contributed by atoms with Crippen LogP contribution in [0, 0.1) is 0 Å². The topological polar surface area (TPSA) is 69.7 Å². The van der Waals surface area contributed by atoms with Crippen LogP contribution in [0.1, 0.15) is 22.8 Å². The molecule has 164 valence electrons. The zero-order valence-electron chi connectivity index (χ0n) is 18.1. The second-order valence-electron chi connectivity index (χ2n) is 7.91. The van der Waals surface area contributed by atoms with Crippen molar-refractivity contribution in [1.82, 2.24) is 9.80 Å². The van der Waals surface area contributed by atoms with E-state index in [9.17, 15) is 14.4 Å². The fourth-order valence-electron chi connectivity index (χ4n) is 3.93. The summed E-state index contributed by atoms with van der Waals surface area (Å²) < 4.78 is 0. The van der Waals surface area contributed by atoms with Crippen molar-refractivity contribution in [2.75, 3.05) is 25.5 Å². The predicted molar refractivity (Wildman–Crippen MR) is 127 cm³/mol. The third-order valence-electron chi connectivity index (χ3n) is 5.59. The number of benzene rings is 2. The van der Waals surface area contributed by atoms with Crippen LogP contribution < -0.4 is 5.32 Å². The lowest BCUT2D eigenvalue weighted by molar-refractivity contribution is -0.138. The molecule has 1 fully saturated rings. The van der Waals surface area contributed by atoms with Crippen LogP contribution in [0.3, 0.4) is 0 Å². The van der Waals surface area contributed by atoms with E-state index >= 15 is 0 Å². The first-order chi connectivity index (χ1) is 15.4. The number of hydrogen-bond acceptors (Lipinski definition) is 4. The molecule has 2 aromatic carbocycles. The molecule has 1 aliphatic heterocycles. The van der Waals surface area contributed by atoms with E-state index in [1.54, 1.807) is 52.4 Å². The monoisotopic (exact) mass is 447 g/mol. The van der Waals surface area contributed by atoms with E-state index in [0.717, 1.165) is 11.1 Å². The van der Waals surface area contributed by atoms with Crippen molar-refractivity contribution >= 4 is 34.7 Å². The van der Waals surface area contributed by atoms with Crippen LogP contribution >= 0.6 is 11.3 Å². The van der Waals surface area contributed by atoms with Gasteiger partial charge >= 0.3 is 0 Å². The number of thiophene rings is 1. The predicted octanol–water partition coefficient (Wildman–Crippen LogP) is 3.90. The first kappa shape index (κ1) is 21.8. The summed E-state index contributed by atoms with van der Waals surface area (Å²) in [6.45, 7) is 2.41. The molecule has 0 saturated carbocycles. The molecule has 1 atom stereocenters. The van der Waals surface area contributed by atoms with E-state index in [1.165, 1.54) is 11.8 Å². The summed E-state index contributed by atoms with van der Waals surface area (Å²) in [6, 6.07) is 18.5. The Morgan fingerprint density at radius 2 is 1.84 bits per heavy atom. The van der Waals surface area contributed by atoms with Crippen LogP contribution in [0.4, 0.5) is 5.69 Å². The minimum atomic E-state index is -0.560. The first-order valence-corrected chi connectivity index (χ1v) is 11.4. The number of carbonyl (C=O) groups is 3. The summed E-state index contributed by atoms with van der Waals surface area (Å²) in [5, 5.41) is 4.74. The minimum absolute atomic E-state index is 0.0546. The molecule has 1 N–H and O–H groups in total. The molecule has 32 heavy (non-hydrogen) atoms. The molecule has 4 rings (SSSR count). The highest BCUT2D eigenvalue weighted by Gasteiger charge is 2.36. The number of hydrogen-bond donors (Lipinski definition) is 1. The maximum Gasteiger partial charge on any atom is 0.254 e. The number of carbonyl (C=O) groups excluding carboxylic acids is 3. The summed E-state index contributed by atoms with van der Waals surface area (Å²) in [4.78, 5) is 42.1. The average molecular weight is 448 g/mol. The van der Waals surface area contributed by atoms with Gasteiger partial charge in [-0.2, -0.15) is 0 Å². The Morgan fingerprint density at radius 1 is 1.06 bits per heavy atom. The van der Waals surface area contributed by atoms with Gasteiger partial charge in [0, 0.05) is 49.6 Å². The number of rotatable bonds is 5. The van der Waals surface area contributed by atoms with Crippen molar-refractivity contribution in [3.05, 3.63) is 77.2 Å². The van der Waals surface area contributed by atoms with E-state index in [1.807, 2.05) is 23.6 Å². The van der Waals surface area contributed by atoms with Gasteiger partial charge in [0.25, 0.3) is 5.91 Å². The van der Waals surface area contributed by atoms with Crippen LogP contribution in [0.5, 0.6) is 0 Å². The fraction of sp³-hybridized carbons (Fsp3) is 0.240. The maximum atomic E-state index is 13.3. The van der Waals surface area contributed by atoms with Gasteiger partial charge in [0.15, 0.2) is 0 Å². The van der Waals surface area contributed by atoms with Gasteiger partial charge < -0.3 is 15.1 Å². The van der Waals surface area contributed by atoms with Gasteiger partial charge in [-0.25, -0.2) is 0 Å². The van der Waals surface area contributed by atoms with E-state index in [4.69, 9.17) is 0 Å². The van der Waals surface area contributed by atoms with E-state index < -0.39 is 6.04 Å². The van der Waals surface area contributed by atoms with Crippen LogP contribution in [0.15, 0.2) is 66.0 Å². The van der Waals surface area contributed by atoms with Crippen LogP contribution in [0.2, 0.25) is 0 Å². The van der Waals surface area contributed by atoms with E-state index in [-0.39, 0.29) is 17.7 Å². The molecule has 0 radical (unpaired) electrons. The fourth-order valence-corrected chi connectivity index (χ4v) is 4.66. The van der Waals surface area contributed by atoms with Gasteiger partial charge in [0.1, 0.15) is 6.04 Å². The lowest BCUT2D eigenvalue weighted by atomic mass is 9.98. The first-order valence-electron chi connectivity index (χ1n) is 10.5. The molecular formula is C25H25N3O3S. The number of amides is 3. The Morgan fingerprint density at radius 3 is 2.53 bits per heavy atom. The standard InChI is InChI=1S/C25H25N3O3S/c1-17(29)26-21-10-8-19(9-11-21)24(30)28-13-12-27(2)25(31)22(28)16-18-5-3-6-20(15-18)23-7-4-14-32-23/h3-11,14-15,22H,12-13,16H2,1-2H3,(H,26,29). The molecule has 3 aromatic rings. The van der Waals surface area contributed by atoms with Gasteiger partial charge in [-0.05, 0) is 46.8 Å². The highest BCUT2D eigenvalue weighted by molar-refractivity contribution is 7.13. The van der Waals surface area contributed by atoms with Crippen molar-refractivity contribution in [2.45, 2.75) is 19.4 Å². The molecular weight excluding hydrogens is 422 g/mol. The number of nitrogens with zero attached hydrogens (tertiary/aromatic N) is 2. The van der Waals surface area contributed by atoms with Crippen molar-refractivity contribution in [3.8, 4) is 10.4 Å². The van der Waals surface area contributed by atoms with Crippen molar-refractivity contribution in [2.24, 2.45) is 0 Å². The number of nitrogens with one attached hydrogen (secondary N) is 1. The smallest absolute Gasteiger partial charge is 0.254 e. The normalized spacial score (nSPS) is 16.2. The third kappa shape index (κ3) is 4.73. The minimum Gasteiger partial charge on any atom is -0.342 e. The molecule has 0 aliphatic carbocycles. The van der Waals surface area contributed by atoms with Crippen molar-refractivity contribution in [3.63, 3.8) is 0 Å². The molecule has 3 amide bonds. The second kappa shape index (κ2) is 9.36. The number of anilines is 1. The molecule has 0 bridgehead atoms. The molecule has 2 heterocycles. The van der Waals surface area contributed by atoms with Crippen LogP contribution in [-0.4, -0.2) is 53.7 Å². The highest BCUT2D eigenvalue weighted by atomic mass is 32.1. The molecule has 0 spiro atoms. The molecule has 6 nitrogen and oxygen atoms in total. The van der Waals surface area contributed by atoms with Crippen LogP contribution in [-0.2, 0) is 16.0 Å². The SMILES string of the molecule is CC(=O)Nc1ccc(C(=O)N2CCN(C)C(=O)C2Cc2cccc(-c3cccs3)c2)cc1. The van der Waals surface area contributed by atoms with E-state index in [2.05, 4.69) is 23.5 Å². The Kier molecular flexibility index (Phi) is 6.37. The summed E-state index contributed by atoms with van der Waals surface area (Å²) in [5.41, 5.74) is 3.25. The zero-order chi connectivity index (χ0) is 22.7. The van der Waals surface area contributed by atoms with Crippen molar-refractivity contribution in [1.29, 1.82) is 0 Å². The Labute approximate surface area is 191 Å². The lowest BCUT2D eigenvalue weighted by Crippen LogP contribution is -2.58. The summed E-state index contributed by atoms with van der Waals surface area (Å²) >= 11 is 1.67. The number of likely N-dealkylation sites (N-methyl/N-ethyl adjacent to an activating group) is 1. The molecule has 1 unspecified atom stereocenters.